The highest BCUT2D eigenvalue weighted by Crippen LogP contribution is 2.19. The monoisotopic (exact) mass is 486 g/mol. The minimum absolute atomic E-state index is 0.0120. The van der Waals surface area contributed by atoms with Gasteiger partial charge in [-0.2, -0.15) is 4.31 Å². The van der Waals surface area contributed by atoms with Gasteiger partial charge in [-0.3, -0.25) is 14.5 Å². The average molecular weight is 487 g/mol. The van der Waals surface area contributed by atoms with Crippen molar-refractivity contribution in [2.45, 2.75) is 32.1 Å². The van der Waals surface area contributed by atoms with Gasteiger partial charge in [0.15, 0.2) is 0 Å². The van der Waals surface area contributed by atoms with E-state index in [4.69, 9.17) is 0 Å². The Bertz CT molecular complexity index is 1090. The molecule has 184 valence electrons. The van der Waals surface area contributed by atoms with Gasteiger partial charge in [0.2, 0.25) is 15.9 Å². The molecule has 1 aliphatic heterocycles. The standard InChI is InChI=1S/C25H34N4O4S/c1-4-20-10-12-21(13-11-20)25(31)28-16-14-27(15-17-28)19-24(30)26-22-8-7-9-23(18-22)34(32,33)29(5-2)6-3/h7-13,18H,4-6,14-17,19H2,1-3H3,(H,26,30). The minimum Gasteiger partial charge on any atom is -0.336 e. The van der Waals surface area contributed by atoms with Crippen LogP contribution in [0, 0.1) is 0 Å². The summed E-state index contributed by atoms with van der Waals surface area (Å²) in [6.45, 7) is 8.92. The molecule has 8 nitrogen and oxygen atoms in total. The van der Waals surface area contributed by atoms with E-state index in [-0.39, 0.29) is 23.3 Å². The van der Waals surface area contributed by atoms with Crippen LogP contribution in [0.3, 0.4) is 0 Å². The number of benzene rings is 2. The fraction of sp³-hybridized carbons (Fsp3) is 0.440. The zero-order valence-corrected chi connectivity index (χ0v) is 21.0. The number of carbonyl (C=O) groups is 2. The third kappa shape index (κ3) is 6.22. The molecule has 34 heavy (non-hydrogen) atoms. The lowest BCUT2D eigenvalue weighted by Crippen LogP contribution is -2.50. The molecule has 2 aromatic carbocycles. The van der Waals surface area contributed by atoms with E-state index in [9.17, 15) is 18.0 Å². The number of nitrogens with zero attached hydrogens (tertiary/aromatic N) is 3. The van der Waals surface area contributed by atoms with Crippen molar-refractivity contribution >= 4 is 27.5 Å². The van der Waals surface area contributed by atoms with E-state index in [0.717, 1.165) is 6.42 Å². The lowest BCUT2D eigenvalue weighted by atomic mass is 10.1. The molecule has 0 spiro atoms. The van der Waals surface area contributed by atoms with Crippen LogP contribution in [-0.2, 0) is 21.2 Å². The van der Waals surface area contributed by atoms with E-state index >= 15 is 0 Å². The fourth-order valence-corrected chi connectivity index (χ4v) is 5.53. The Hall–Kier alpha value is -2.75. The van der Waals surface area contributed by atoms with E-state index in [1.165, 1.54) is 22.0 Å². The molecule has 1 saturated heterocycles. The van der Waals surface area contributed by atoms with Crippen molar-refractivity contribution in [1.29, 1.82) is 0 Å². The minimum atomic E-state index is -3.59. The van der Waals surface area contributed by atoms with Crippen LogP contribution in [0.15, 0.2) is 53.4 Å². The molecule has 1 heterocycles. The van der Waals surface area contributed by atoms with E-state index in [1.807, 2.05) is 34.1 Å². The molecule has 0 radical (unpaired) electrons. The van der Waals surface area contributed by atoms with Crippen LogP contribution in [0.1, 0.15) is 36.7 Å². The number of amides is 2. The van der Waals surface area contributed by atoms with Crippen LogP contribution >= 0.6 is 0 Å². The molecule has 9 heteroatoms. The summed E-state index contributed by atoms with van der Waals surface area (Å²) in [6.07, 6.45) is 0.936. The molecule has 0 atom stereocenters. The molecule has 0 bridgehead atoms. The van der Waals surface area contributed by atoms with Gasteiger partial charge < -0.3 is 10.2 Å². The highest BCUT2D eigenvalue weighted by Gasteiger charge is 2.24. The molecule has 1 fully saturated rings. The van der Waals surface area contributed by atoms with E-state index < -0.39 is 10.0 Å². The van der Waals surface area contributed by atoms with Crippen LogP contribution < -0.4 is 5.32 Å². The van der Waals surface area contributed by atoms with Crippen molar-refractivity contribution in [2.24, 2.45) is 0 Å². The lowest BCUT2D eigenvalue weighted by molar-refractivity contribution is -0.117. The van der Waals surface area contributed by atoms with Crippen molar-refractivity contribution in [1.82, 2.24) is 14.1 Å². The topological polar surface area (TPSA) is 90.0 Å². The average Bonchev–Trinajstić information content (AvgIpc) is 2.85. The molecular formula is C25H34N4O4S. The smallest absolute Gasteiger partial charge is 0.253 e. The first-order valence-corrected chi connectivity index (χ1v) is 13.2. The van der Waals surface area contributed by atoms with Crippen molar-refractivity contribution in [2.75, 3.05) is 51.1 Å². The molecule has 0 saturated carbocycles. The summed E-state index contributed by atoms with van der Waals surface area (Å²) >= 11 is 0. The Labute approximate surface area is 202 Å². The zero-order valence-electron chi connectivity index (χ0n) is 20.2. The highest BCUT2D eigenvalue weighted by atomic mass is 32.2. The number of aryl methyl sites for hydroxylation is 1. The van der Waals surface area contributed by atoms with Crippen LogP contribution in [0.5, 0.6) is 0 Å². The van der Waals surface area contributed by atoms with Gasteiger partial charge in [0.1, 0.15) is 0 Å². The molecule has 0 aromatic heterocycles. The Morgan fingerprint density at radius 3 is 2.18 bits per heavy atom. The molecule has 2 aromatic rings. The van der Waals surface area contributed by atoms with Crippen molar-refractivity contribution in [3.8, 4) is 0 Å². The zero-order chi connectivity index (χ0) is 24.7. The van der Waals surface area contributed by atoms with Crippen LogP contribution in [-0.4, -0.2) is 80.2 Å². The van der Waals surface area contributed by atoms with Gasteiger partial charge in [0, 0.05) is 50.5 Å². The predicted molar refractivity (Wildman–Crippen MR) is 133 cm³/mol. The summed E-state index contributed by atoms with van der Waals surface area (Å²) in [5.41, 5.74) is 2.33. The first-order valence-electron chi connectivity index (χ1n) is 11.8. The quantitative estimate of drug-likeness (QED) is 0.589. The Balaban J connectivity index is 1.53. The molecule has 0 unspecified atom stereocenters. The Kier molecular flexibility index (Phi) is 8.82. The second-order valence-electron chi connectivity index (χ2n) is 8.28. The number of anilines is 1. The maximum Gasteiger partial charge on any atom is 0.253 e. The summed E-state index contributed by atoms with van der Waals surface area (Å²) < 4.78 is 26.9. The Morgan fingerprint density at radius 1 is 0.941 bits per heavy atom. The van der Waals surface area contributed by atoms with Crippen LogP contribution in [0.4, 0.5) is 5.69 Å². The number of sulfonamides is 1. The van der Waals surface area contributed by atoms with Crippen molar-refractivity contribution in [3.05, 3.63) is 59.7 Å². The third-order valence-electron chi connectivity index (χ3n) is 6.10. The lowest BCUT2D eigenvalue weighted by Gasteiger charge is -2.34. The van der Waals surface area contributed by atoms with E-state index in [0.29, 0.717) is 50.5 Å². The molecule has 0 aliphatic carbocycles. The number of nitrogens with one attached hydrogen (secondary N) is 1. The molecule has 3 rings (SSSR count). The maximum absolute atomic E-state index is 12.7. The molecule has 1 aliphatic rings. The number of hydrogen-bond acceptors (Lipinski definition) is 5. The number of hydrogen-bond donors (Lipinski definition) is 1. The second-order valence-corrected chi connectivity index (χ2v) is 10.2. The van der Waals surface area contributed by atoms with Crippen molar-refractivity contribution < 1.29 is 18.0 Å². The van der Waals surface area contributed by atoms with Gasteiger partial charge in [-0.15, -0.1) is 0 Å². The summed E-state index contributed by atoms with van der Waals surface area (Å²) in [6, 6.07) is 14.0. The van der Waals surface area contributed by atoms with Gasteiger partial charge in [-0.1, -0.05) is 39.0 Å². The van der Waals surface area contributed by atoms with Gasteiger partial charge in [-0.25, -0.2) is 8.42 Å². The predicted octanol–water partition coefficient (Wildman–Crippen LogP) is 2.68. The van der Waals surface area contributed by atoms with Gasteiger partial charge in [0.25, 0.3) is 5.91 Å². The maximum atomic E-state index is 12.7. The first-order chi connectivity index (χ1) is 16.3. The van der Waals surface area contributed by atoms with E-state index in [1.54, 1.807) is 26.0 Å². The fourth-order valence-electron chi connectivity index (χ4n) is 4.03. The summed E-state index contributed by atoms with van der Waals surface area (Å²) in [5.74, 6) is -0.203. The van der Waals surface area contributed by atoms with Gasteiger partial charge >= 0.3 is 0 Å². The summed E-state index contributed by atoms with van der Waals surface area (Å²) in [4.78, 5) is 29.3. The number of piperazine rings is 1. The van der Waals surface area contributed by atoms with Crippen molar-refractivity contribution in [3.63, 3.8) is 0 Å². The second kappa shape index (κ2) is 11.6. The molecule has 2 amide bonds. The van der Waals surface area contributed by atoms with E-state index in [2.05, 4.69) is 12.2 Å². The summed E-state index contributed by atoms with van der Waals surface area (Å²) in [7, 11) is -3.59. The Morgan fingerprint density at radius 2 is 1.59 bits per heavy atom. The number of rotatable bonds is 9. The van der Waals surface area contributed by atoms with Gasteiger partial charge in [-0.05, 0) is 42.3 Å². The largest absolute Gasteiger partial charge is 0.336 e. The third-order valence-corrected chi connectivity index (χ3v) is 8.14. The number of carbonyl (C=O) groups excluding carboxylic acids is 2. The van der Waals surface area contributed by atoms with Crippen LogP contribution in [0.2, 0.25) is 0 Å². The van der Waals surface area contributed by atoms with Gasteiger partial charge in [0.05, 0.1) is 11.4 Å². The summed E-state index contributed by atoms with van der Waals surface area (Å²) in [5, 5.41) is 2.80. The normalized spacial score (nSPS) is 14.9. The molecule has 1 N–H and O–H groups in total. The first kappa shape index (κ1) is 25.9. The molecular weight excluding hydrogens is 452 g/mol. The van der Waals surface area contributed by atoms with Crippen LogP contribution in [0.25, 0.3) is 0 Å². The SMILES string of the molecule is CCc1ccc(C(=O)N2CCN(CC(=O)Nc3cccc(S(=O)(=O)N(CC)CC)c3)CC2)cc1. The highest BCUT2D eigenvalue weighted by molar-refractivity contribution is 7.89.